The van der Waals surface area contributed by atoms with Gasteiger partial charge in [-0.05, 0) is 41.2 Å². The number of benzene rings is 3. The molecule has 0 atom stereocenters. The molecule has 1 heterocycles. The highest BCUT2D eigenvalue weighted by molar-refractivity contribution is 6.07. The lowest BCUT2D eigenvalue weighted by molar-refractivity contribution is 0.569. The summed E-state index contributed by atoms with van der Waals surface area (Å²) in [6.45, 7) is 8.91. The van der Waals surface area contributed by atoms with Gasteiger partial charge in [0.1, 0.15) is 11.2 Å². The van der Waals surface area contributed by atoms with E-state index >= 15 is 0 Å². The Kier molecular flexibility index (Phi) is 3.28. The molecule has 1 aromatic heterocycles. The van der Waals surface area contributed by atoms with Crippen LogP contribution in [-0.2, 0) is 5.41 Å². The van der Waals surface area contributed by atoms with Crippen LogP contribution < -0.4 is 0 Å². The van der Waals surface area contributed by atoms with Crippen molar-refractivity contribution in [2.75, 3.05) is 0 Å². The maximum atomic E-state index is 6.35. The minimum Gasteiger partial charge on any atom is -0.456 e. The lowest BCUT2D eigenvalue weighted by Gasteiger charge is -2.21. The second-order valence-corrected chi connectivity index (χ2v) is 7.56. The first-order chi connectivity index (χ1) is 11.4. The van der Waals surface area contributed by atoms with Crippen molar-refractivity contribution in [3.05, 3.63) is 71.8 Å². The van der Waals surface area contributed by atoms with Crippen molar-refractivity contribution in [2.24, 2.45) is 0 Å². The molecule has 1 nitrogen and oxygen atoms in total. The zero-order chi connectivity index (χ0) is 16.9. The molecule has 0 spiro atoms. The van der Waals surface area contributed by atoms with Crippen LogP contribution in [0.5, 0.6) is 0 Å². The van der Waals surface area contributed by atoms with Crippen molar-refractivity contribution >= 4 is 21.9 Å². The third kappa shape index (κ3) is 2.32. The molecule has 4 aromatic rings. The van der Waals surface area contributed by atoms with Gasteiger partial charge < -0.3 is 4.42 Å². The molecular weight excluding hydrogens is 292 g/mol. The molecule has 0 aliphatic rings. The van der Waals surface area contributed by atoms with Gasteiger partial charge in [0.25, 0.3) is 0 Å². The van der Waals surface area contributed by atoms with E-state index in [9.17, 15) is 0 Å². The molecule has 0 radical (unpaired) electrons. The van der Waals surface area contributed by atoms with Gasteiger partial charge in [-0.3, -0.25) is 0 Å². The summed E-state index contributed by atoms with van der Waals surface area (Å²) in [5.74, 6) is 0. The summed E-state index contributed by atoms with van der Waals surface area (Å²) < 4.78 is 6.35. The Bertz CT molecular complexity index is 1030. The fourth-order valence-corrected chi connectivity index (χ4v) is 3.68. The Morgan fingerprint density at radius 3 is 2.17 bits per heavy atom. The van der Waals surface area contributed by atoms with Crippen molar-refractivity contribution in [1.29, 1.82) is 0 Å². The lowest BCUT2D eigenvalue weighted by atomic mass is 9.83. The highest BCUT2D eigenvalue weighted by atomic mass is 16.3. The predicted molar refractivity (Wildman–Crippen MR) is 103 cm³/mol. The maximum absolute atomic E-state index is 6.35. The van der Waals surface area contributed by atoms with Crippen LogP contribution in [0.15, 0.2) is 65.1 Å². The van der Waals surface area contributed by atoms with E-state index in [2.05, 4.69) is 82.3 Å². The van der Waals surface area contributed by atoms with E-state index in [-0.39, 0.29) is 5.41 Å². The van der Waals surface area contributed by atoms with Crippen LogP contribution in [0.4, 0.5) is 0 Å². The van der Waals surface area contributed by atoms with E-state index in [1.165, 1.54) is 33.0 Å². The quantitative estimate of drug-likeness (QED) is 0.374. The van der Waals surface area contributed by atoms with Crippen LogP contribution in [0.3, 0.4) is 0 Å². The predicted octanol–water partition coefficient (Wildman–Crippen LogP) is 6.86. The van der Waals surface area contributed by atoms with E-state index in [1.54, 1.807) is 0 Å². The van der Waals surface area contributed by atoms with Gasteiger partial charge in [-0.1, -0.05) is 69.3 Å². The average Bonchev–Trinajstić information content (AvgIpc) is 2.91. The van der Waals surface area contributed by atoms with Crippen molar-refractivity contribution in [1.82, 2.24) is 0 Å². The van der Waals surface area contributed by atoms with Crippen LogP contribution in [0, 0.1) is 6.92 Å². The molecule has 0 saturated heterocycles. The van der Waals surface area contributed by atoms with Crippen molar-refractivity contribution in [3.63, 3.8) is 0 Å². The van der Waals surface area contributed by atoms with Gasteiger partial charge in [0.2, 0.25) is 0 Å². The minimum atomic E-state index is 0.0553. The Morgan fingerprint density at radius 1 is 0.750 bits per heavy atom. The number of rotatable bonds is 1. The second-order valence-electron chi connectivity index (χ2n) is 7.56. The van der Waals surface area contributed by atoms with Crippen molar-refractivity contribution in [2.45, 2.75) is 33.1 Å². The molecule has 0 amide bonds. The van der Waals surface area contributed by atoms with Crippen molar-refractivity contribution in [3.8, 4) is 11.1 Å². The number of aryl methyl sites for hydroxylation is 1. The van der Waals surface area contributed by atoms with Crippen LogP contribution in [-0.4, -0.2) is 0 Å². The largest absolute Gasteiger partial charge is 0.456 e. The molecule has 3 aromatic carbocycles. The molecule has 1 heteroatoms. The highest BCUT2D eigenvalue weighted by Crippen LogP contribution is 2.39. The third-order valence-corrected chi connectivity index (χ3v) is 4.71. The molecule has 0 saturated carbocycles. The molecule has 0 unspecified atom stereocenters. The maximum Gasteiger partial charge on any atom is 0.139 e. The summed E-state index contributed by atoms with van der Waals surface area (Å²) in [5.41, 5.74) is 7.04. The Balaban J connectivity index is 2.01. The molecule has 0 N–H and O–H groups in total. The monoisotopic (exact) mass is 314 g/mol. The topological polar surface area (TPSA) is 13.1 Å². The van der Waals surface area contributed by atoms with E-state index in [0.717, 1.165) is 11.2 Å². The molecule has 120 valence electrons. The summed E-state index contributed by atoms with van der Waals surface area (Å²) in [6.07, 6.45) is 0. The highest BCUT2D eigenvalue weighted by Gasteiger charge is 2.23. The van der Waals surface area contributed by atoms with Crippen LogP contribution in [0.1, 0.15) is 31.9 Å². The molecular formula is C23H22O. The van der Waals surface area contributed by atoms with Gasteiger partial charge in [0, 0.05) is 16.3 Å². The van der Waals surface area contributed by atoms with Gasteiger partial charge in [0.05, 0.1) is 0 Å². The summed E-state index contributed by atoms with van der Waals surface area (Å²) >= 11 is 0. The molecule has 4 rings (SSSR count). The number of hydrogen-bond donors (Lipinski definition) is 0. The standard InChI is InChI=1S/C23H22O/c1-15-10-12-19-18-13-11-17(16-8-6-5-7-9-16)14-20(18)24-22(19)21(15)23(2,3)4/h5-14H,1-4H3. The first-order valence-electron chi connectivity index (χ1n) is 8.47. The molecule has 0 bridgehead atoms. The van der Waals surface area contributed by atoms with E-state index in [4.69, 9.17) is 4.42 Å². The first kappa shape index (κ1) is 15.0. The summed E-state index contributed by atoms with van der Waals surface area (Å²) in [4.78, 5) is 0. The van der Waals surface area contributed by atoms with Gasteiger partial charge in [-0.2, -0.15) is 0 Å². The van der Waals surface area contributed by atoms with Crippen LogP contribution in [0.2, 0.25) is 0 Å². The molecule has 0 fully saturated rings. The normalized spacial score (nSPS) is 12.2. The zero-order valence-electron chi connectivity index (χ0n) is 14.7. The summed E-state index contributed by atoms with van der Waals surface area (Å²) in [7, 11) is 0. The Morgan fingerprint density at radius 2 is 1.46 bits per heavy atom. The fourth-order valence-electron chi connectivity index (χ4n) is 3.68. The van der Waals surface area contributed by atoms with Gasteiger partial charge in [-0.25, -0.2) is 0 Å². The SMILES string of the molecule is Cc1ccc2c(oc3cc(-c4ccccc4)ccc32)c1C(C)(C)C. The van der Waals surface area contributed by atoms with Crippen LogP contribution in [0.25, 0.3) is 33.1 Å². The average molecular weight is 314 g/mol. The van der Waals surface area contributed by atoms with Gasteiger partial charge in [0.15, 0.2) is 0 Å². The van der Waals surface area contributed by atoms with E-state index in [1.807, 2.05) is 6.07 Å². The smallest absolute Gasteiger partial charge is 0.139 e. The molecule has 24 heavy (non-hydrogen) atoms. The second kappa shape index (κ2) is 5.24. The number of hydrogen-bond acceptors (Lipinski definition) is 1. The van der Waals surface area contributed by atoms with E-state index < -0.39 is 0 Å². The minimum absolute atomic E-state index is 0.0553. The van der Waals surface area contributed by atoms with Gasteiger partial charge in [-0.15, -0.1) is 0 Å². The Labute approximate surface area is 142 Å². The van der Waals surface area contributed by atoms with Crippen molar-refractivity contribution < 1.29 is 4.42 Å². The number of fused-ring (bicyclic) bond motifs is 3. The zero-order valence-corrected chi connectivity index (χ0v) is 14.7. The van der Waals surface area contributed by atoms with Crippen LogP contribution >= 0.6 is 0 Å². The first-order valence-corrected chi connectivity index (χ1v) is 8.47. The third-order valence-electron chi connectivity index (χ3n) is 4.71. The fraction of sp³-hybridized carbons (Fsp3) is 0.217. The van der Waals surface area contributed by atoms with E-state index in [0.29, 0.717) is 0 Å². The molecule has 0 aliphatic heterocycles. The number of furan rings is 1. The van der Waals surface area contributed by atoms with Gasteiger partial charge >= 0.3 is 0 Å². The molecule has 0 aliphatic carbocycles. The Hall–Kier alpha value is -2.54. The summed E-state index contributed by atoms with van der Waals surface area (Å²) in [6, 6.07) is 21.4. The summed E-state index contributed by atoms with van der Waals surface area (Å²) in [5, 5.41) is 2.40. The lowest BCUT2D eigenvalue weighted by Crippen LogP contribution is -2.13.